The van der Waals surface area contributed by atoms with Crippen LogP contribution in [-0.4, -0.2) is 9.97 Å². The fourth-order valence-electron chi connectivity index (χ4n) is 9.55. The Morgan fingerprint density at radius 3 is 2.32 bits per heavy atom. The Morgan fingerprint density at radius 2 is 1.54 bits per heavy atom. The normalized spacial score (nSPS) is 26.6. The van der Waals surface area contributed by atoms with Gasteiger partial charge in [-0.3, -0.25) is 9.97 Å². The largest absolute Gasteiger partial charge is 0.457 e. The molecule has 2 fully saturated rings. The molecule has 0 bridgehead atoms. The number of aryl methyl sites for hydroxylation is 4. The molecule has 2 aliphatic rings. The summed E-state index contributed by atoms with van der Waals surface area (Å²) in [7, 11) is 0. The summed E-state index contributed by atoms with van der Waals surface area (Å²) in [4.78, 5) is 9.31. The molecule has 4 heteroatoms. The van der Waals surface area contributed by atoms with Gasteiger partial charge in [-0.15, -0.1) is 0 Å². The number of ether oxygens (including phenoxy) is 1. The molecule has 59 heavy (non-hydrogen) atoms. The van der Waals surface area contributed by atoms with Crippen molar-refractivity contribution in [3.63, 3.8) is 0 Å². The number of aromatic nitrogens is 2. The summed E-state index contributed by atoms with van der Waals surface area (Å²) in [5, 5.41) is 0.995. The van der Waals surface area contributed by atoms with Crippen LogP contribution in [0.5, 0.6) is 11.5 Å². The lowest BCUT2D eigenvalue weighted by Crippen LogP contribution is -2.38. The van der Waals surface area contributed by atoms with Crippen LogP contribution in [0.25, 0.3) is 55.6 Å². The summed E-state index contributed by atoms with van der Waals surface area (Å²) in [6.45, 7) is -4.79. The minimum absolute atomic E-state index is 0.0453. The molecule has 0 amide bonds. The summed E-state index contributed by atoms with van der Waals surface area (Å²) in [6.07, 6.45) is 7.48. The van der Waals surface area contributed by atoms with E-state index in [2.05, 4.69) is 25.8 Å². The zero-order valence-electron chi connectivity index (χ0n) is 50.1. The smallest absolute Gasteiger partial charge is 0.145 e. The molecule has 3 unspecified atom stereocenters. The molecule has 3 atom stereocenters. The third-order valence-electron chi connectivity index (χ3n) is 13.2. The topological polar surface area (TPSA) is 48.2 Å². The number of fused-ring (bicyclic) bond motifs is 3. The summed E-state index contributed by atoms with van der Waals surface area (Å²) < 4.78 is 150. The summed E-state index contributed by atoms with van der Waals surface area (Å²) in [5.74, 6) is -1.98. The molecule has 0 aliphatic heterocycles. The molecule has 0 N–H and O–H groups in total. The van der Waals surface area contributed by atoms with Gasteiger partial charge in [-0.2, -0.15) is 0 Å². The molecule has 3 aromatic heterocycles. The third-order valence-corrected chi connectivity index (χ3v) is 13.2. The van der Waals surface area contributed by atoms with Crippen molar-refractivity contribution in [2.24, 2.45) is 22.6 Å². The Hall–Kier alpha value is -5.22. The number of pyridine rings is 2. The predicted molar refractivity (Wildman–Crippen MR) is 245 cm³/mol. The molecule has 0 radical (unpaired) electrons. The van der Waals surface area contributed by atoms with E-state index in [4.69, 9.17) is 34.7 Å². The highest BCUT2D eigenvalue weighted by molar-refractivity contribution is 6.10. The maximum atomic E-state index is 9.81. The first-order valence-corrected chi connectivity index (χ1v) is 20.6. The van der Waals surface area contributed by atoms with E-state index in [9.17, 15) is 1.37 Å². The van der Waals surface area contributed by atoms with Crippen molar-refractivity contribution in [2.45, 2.75) is 113 Å². The zero-order valence-corrected chi connectivity index (χ0v) is 34.1. The van der Waals surface area contributed by atoms with Gasteiger partial charge in [0.2, 0.25) is 0 Å². The van der Waals surface area contributed by atoms with Crippen molar-refractivity contribution in [3.05, 3.63) is 131 Å². The summed E-state index contributed by atoms with van der Waals surface area (Å²) in [5.41, 5.74) is 2.46. The van der Waals surface area contributed by atoms with E-state index >= 15 is 0 Å². The molecule has 4 nitrogen and oxygen atoms in total. The SMILES string of the molecule is [2H]C([2H])([2H])c1ccc2c(c1)oc1c(-c3cc(C4CCC(C)(C5([2H])CCC(C)(C)CC5)CC4C([2H])([2H])[2H])c(C)cn3)cc(Oc3cc(-c4cc(C([2H])([2H])[2H])c(C([2H])([2H])[2H])cn4)cc(-c4ccccc4)c3C([2H])([2H])[2H])cc12. The minimum Gasteiger partial charge on any atom is -0.457 e. The Kier molecular flexibility index (Phi) is 6.34. The van der Waals surface area contributed by atoms with Crippen LogP contribution in [0, 0.1) is 57.0 Å². The lowest BCUT2D eigenvalue weighted by atomic mass is 9.56. The number of nitrogens with zero attached hydrogens (tertiary/aromatic N) is 2. The fourth-order valence-corrected chi connectivity index (χ4v) is 9.55. The molecular formula is C55H60N2O2. The number of rotatable bonds is 7. The van der Waals surface area contributed by atoms with Crippen LogP contribution in [0.15, 0.2) is 102 Å². The van der Waals surface area contributed by atoms with E-state index in [1.165, 1.54) is 24.3 Å². The van der Waals surface area contributed by atoms with Gasteiger partial charge in [-0.05, 0) is 195 Å². The molecule has 2 aliphatic carbocycles. The highest BCUT2D eigenvalue weighted by Gasteiger charge is 2.44. The number of hydrogen-bond acceptors (Lipinski definition) is 4. The average Bonchev–Trinajstić information content (AvgIpc) is 3.69. The molecule has 302 valence electrons. The van der Waals surface area contributed by atoms with E-state index in [1.54, 1.807) is 60.8 Å². The van der Waals surface area contributed by atoms with Crippen molar-refractivity contribution in [1.29, 1.82) is 0 Å². The highest BCUT2D eigenvalue weighted by atomic mass is 16.5. The summed E-state index contributed by atoms with van der Waals surface area (Å²) >= 11 is 0. The second-order valence-corrected chi connectivity index (χ2v) is 17.9. The van der Waals surface area contributed by atoms with E-state index in [1.807, 2.05) is 13.0 Å². The second kappa shape index (κ2) is 15.1. The van der Waals surface area contributed by atoms with Gasteiger partial charge in [-0.25, -0.2) is 0 Å². The molecule has 9 rings (SSSR count). The van der Waals surface area contributed by atoms with Crippen molar-refractivity contribution in [2.75, 3.05) is 0 Å². The highest BCUT2D eigenvalue weighted by Crippen LogP contribution is 2.56. The minimum atomic E-state index is -2.85. The van der Waals surface area contributed by atoms with Gasteiger partial charge in [0.25, 0.3) is 0 Å². The molecule has 0 saturated heterocycles. The van der Waals surface area contributed by atoms with Gasteiger partial charge in [0.15, 0.2) is 0 Å². The number of benzene rings is 4. The lowest BCUT2D eigenvalue weighted by molar-refractivity contribution is 0.0289. The van der Waals surface area contributed by atoms with Crippen LogP contribution >= 0.6 is 0 Å². The van der Waals surface area contributed by atoms with Gasteiger partial charge in [0.05, 0.1) is 11.4 Å². The molecular weight excluding hydrogens is 721 g/mol. The van der Waals surface area contributed by atoms with Crippen LogP contribution in [0.1, 0.15) is 134 Å². The first-order valence-electron chi connectivity index (χ1n) is 28.6. The van der Waals surface area contributed by atoms with Crippen molar-refractivity contribution < 1.29 is 31.1 Å². The van der Waals surface area contributed by atoms with Crippen LogP contribution in [0.2, 0.25) is 0 Å². The van der Waals surface area contributed by atoms with Gasteiger partial charge in [0.1, 0.15) is 22.7 Å². The van der Waals surface area contributed by atoms with Crippen molar-refractivity contribution in [1.82, 2.24) is 9.97 Å². The Balaban J connectivity index is 1.23. The van der Waals surface area contributed by atoms with Crippen LogP contribution in [0.4, 0.5) is 0 Å². The third kappa shape index (κ3) is 7.49. The fraction of sp³-hybridized carbons (Fsp3) is 0.382. The van der Waals surface area contributed by atoms with Gasteiger partial charge in [-0.1, -0.05) is 70.1 Å². The average molecular weight is 797 g/mol. The Labute approximate surface area is 374 Å². The monoisotopic (exact) mass is 797 g/mol. The number of furan rings is 1. The lowest BCUT2D eigenvalue weighted by Gasteiger charge is -2.49. The predicted octanol–water partition coefficient (Wildman–Crippen LogP) is 15.8. The molecule has 0 spiro atoms. The van der Waals surface area contributed by atoms with Crippen LogP contribution in [-0.2, 0) is 0 Å². The first-order chi connectivity index (χ1) is 34.7. The number of hydrogen-bond donors (Lipinski definition) is 0. The van der Waals surface area contributed by atoms with E-state index in [-0.39, 0.29) is 50.4 Å². The zero-order chi connectivity index (χ0) is 54.6. The molecule has 7 aromatic rings. The molecule has 4 aromatic carbocycles. The van der Waals surface area contributed by atoms with Crippen LogP contribution < -0.4 is 4.74 Å². The van der Waals surface area contributed by atoms with Gasteiger partial charge >= 0.3 is 0 Å². The first kappa shape index (κ1) is 24.8. The van der Waals surface area contributed by atoms with Crippen molar-refractivity contribution in [3.8, 4) is 45.1 Å². The maximum absolute atomic E-state index is 9.81. The summed E-state index contributed by atoms with van der Waals surface area (Å²) in [6, 6.07) is 22.6. The van der Waals surface area contributed by atoms with Crippen LogP contribution in [0.3, 0.4) is 0 Å². The quantitative estimate of drug-likeness (QED) is 0.161. The van der Waals surface area contributed by atoms with E-state index in [0.717, 1.165) is 30.2 Å². The van der Waals surface area contributed by atoms with E-state index < -0.39 is 68.5 Å². The Morgan fingerprint density at radius 1 is 0.729 bits per heavy atom. The second-order valence-electron chi connectivity index (χ2n) is 17.9. The standard InChI is InChI=1S/C55H60N2O2/c1-33-15-16-44-47-27-42(58-51-26-40(49-24-34(2)36(4)31-56-49)25-46(38(51)6)39-13-11-10-12-14-39)28-48(53(47)59-52(44)23-33)50-29-45(37(5)32-57-50)43-19-22-55(9,30-35(43)3)41-17-20-54(7,8)21-18-41/h10-16,23-29,31-32,35,41,43H,17-22,30H2,1-9H3/i1D3,2D3,3D3,4D3,6D3,41D. The van der Waals surface area contributed by atoms with Gasteiger partial charge in [0, 0.05) is 56.2 Å². The Bertz CT molecular complexity index is 3300. The molecule has 3 heterocycles. The van der Waals surface area contributed by atoms with Gasteiger partial charge < -0.3 is 9.15 Å². The van der Waals surface area contributed by atoms with E-state index in [0.29, 0.717) is 65.3 Å². The maximum Gasteiger partial charge on any atom is 0.145 e. The molecule has 2 saturated carbocycles. The van der Waals surface area contributed by atoms with Crippen molar-refractivity contribution >= 4 is 21.9 Å².